The van der Waals surface area contributed by atoms with Gasteiger partial charge in [-0.1, -0.05) is 30.3 Å². The Bertz CT molecular complexity index is 1170. The second-order valence-electron chi connectivity index (χ2n) is 7.24. The van der Waals surface area contributed by atoms with Gasteiger partial charge in [-0.15, -0.1) is 0 Å². The average molecular weight is 429 g/mol. The van der Waals surface area contributed by atoms with Gasteiger partial charge in [-0.2, -0.15) is 0 Å². The highest BCUT2D eigenvalue weighted by Crippen LogP contribution is 2.42. The smallest absolute Gasteiger partial charge is 0.300 e. The summed E-state index contributed by atoms with van der Waals surface area (Å²) in [6.45, 7) is 2.36. The predicted octanol–water partition coefficient (Wildman–Crippen LogP) is 4.72. The molecule has 1 aliphatic rings. The zero-order valence-electron chi connectivity index (χ0n) is 17.8. The first-order chi connectivity index (χ1) is 15.5. The second-order valence-corrected chi connectivity index (χ2v) is 7.24. The number of benzene rings is 3. The minimum Gasteiger partial charge on any atom is -0.507 e. The molecule has 0 aliphatic carbocycles. The van der Waals surface area contributed by atoms with Gasteiger partial charge in [-0.3, -0.25) is 14.5 Å². The zero-order valence-corrected chi connectivity index (χ0v) is 17.8. The van der Waals surface area contributed by atoms with Crippen molar-refractivity contribution in [2.45, 2.75) is 13.0 Å². The fourth-order valence-corrected chi connectivity index (χ4v) is 3.85. The number of amides is 1. The summed E-state index contributed by atoms with van der Waals surface area (Å²) in [5, 5.41) is 11.1. The van der Waals surface area contributed by atoms with E-state index in [0.29, 0.717) is 34.9 Å². The summed E-state index contributed by atoms with van der Waals surface area (Å²) >= 11 is 0. The number of carbonyl (C=O) groups is 2. The third-order valence-corrected chi connectivity index (χ3v) is 5.33. The highest BCUT2D eigenvalue weighted by Gasteiger charge is 2.47. The van der Waals surface area contributed by atoms with Crippen molar-refractivity contribution in [2.75, 3.05) is 18.6 Å². The zero-order chi connectivity index (χ0) is 22.7. The summed E-state index contributed by atoms with van der Waals surface area (Å²) in [5.41, 5.74) is 1.67. The standard InChI is InChI=1S/C26H23NO5/c1-3-32-21-11-7-8-18(16-21)23-22(24(28)17-12-14-20(31-2)15-13-17)25(29)26(30)27(23)19-9-5-4-6-10-19/h4-16,23,28H,3H2,1-2H3/b24-22-. The lowest BCUT2D eigenvalue weighted by atomic mass is 9.95. The van der Waals surface area contributed by atoms with E-state index in [0.717, 1.165) is 0 Å². The van der Waals surface area contributed by atoms with Gasteiger partial charge < -0.3 is 14.6 Å². The number of aliphatic hydroxyl groups is 1. The van der Waals surface area contributed by atoms with Gasteiger partial charge in [-0.05, 0) is 61.0 Å². The van der Waals surface area contributed by atoms with E-state index in [1.165, 1.54) is 4.90 Å². The number of aliphatic hydroxyl groups excluding tert-OH is 1. The van der Waals surface area contributed by atoms with Crippen molar-refractivity contribution in [3.05, 3.63) is 95.6 Å². The Labute approximate surface area is 186 Å². The summed E-state index contributed by atoms with van der Waals surface area (Å²) in [7, 11) is 1.55. The first kappa shape index (κ1) is 21.2. The molecule has 3 aromatic rings. The van der Waals surface area contributed by atoms with Gasteiger partial charge in [0.2, 0.25) is 0 Å². The Morgan fingerprint density at radius 1 is 0.938 bits per heavy atom. The quantitative estimate of drug-likeness (QED) is 0.349. The fraction of sp³-hybridized carbons (Fsp3) is 0.154. The van der Waals surface area contributed by atoms with E-state index in [1.807, 2.05) is 25.1 Å². The van der Waals surface area contributed by atoms with Gasteiger partial charge >= 0.3 is 0 Å². The monoisotopic (exact) mass is 429 g/mol. The van der Waals surface area contributed by atoms with Crippen molar-refractivity contribution in [3.8, 4) is 11.5 Å². The molecule has 6 heteroatoms. The van der Waals surface area contributed by atoms with Crippen LogP contribution in [0, 0.1) is 0 Å². The normalized spacial score (nSPS) is 17.4. The molecule has 0 saturated carbocycles. The van der Waals surface area contributed by atoms with Crippen molar-refractivity contribution < 1.29 is 24.2 Å². The summed E-state index contributed by atoms with van der Waals surface area (Å²) in [4.78, 5) is 27.7. The highest BCUT2D eigenvalue weighted by molar-refractivity contribution is 6.51. The Morgan fingerprint density at radius 2 is 1.66 bits per heavy atom. The number of Topliss-reactive ketones (excluding diaryl/α,β-unsaturated/α-hetero) is 1. The van der Waals surface area contributed by atoms with Crippen LogP contribution in [-0.4, -0.2) is 30.5 Å². The number of methoxy groups -OCH3 is 1. The molecule has 1 N–H and O–H groups in total. The van der Waals surface area contributed by atoms with Crippen molar-refractivity contribution >= 4 is 23.1 Å². The molecule has 1 heterocycles. The number of carbonyl (C=O) groups excluding carboxylic acids is 2. The van der Waals surface area contributed by atoms with Crippen LogP contribution in [0.1, 0.15) is 24.1 Å². The molecule has 0 spiro atoms. The van der Waals surface area contributed by atoms with Crippen molar-refractivity contribution in [1.29, 1.82) is 0 Å². The Hall–Kier alpha value is -4.06. The van der Waals surface area contributed by atoms with Crippen LogP contribution in [0.5, 0.6) is 11.5 Å². The molecule has 32 heavy (non-hydrogen) atoms. The largest absolute Gasteiger partial charge is 0.507 e. The maximum absolute atomic E-state index is 13.2. The first-order valence-electron chi connectivity index (χ1n) is 10.3. The van der Waals surface area contributed by atoms with E-state index in [4.69, 9.17) is 9.47 Å². The fourth-order valence-electron chi connectivity index (χ4n) is 3.85. The van der Waals surface area contributed by atoms with E-state index in [-0.39, 0.29) is 11.3 Å². The number of ketones is 1. The summed E-state index contributed by atoms with van der Waals surface area (Å²) in [6.07, 6.45) is 0. The molecule has 1 unspecified atom stereocenters. The third-order valence-electron chi connectivity index (χ3n) is 5.33. The van der Waals surface area contributed by atoms with Crippen LogP contribution < -0.4 is 14.4 Å². The molecule has 162 valence electrons. The number of rotatable bonds is 6. The van der Waals surface area contributed by atoms with Crippen LogP contribution in [0.25, 0.3) is 5.76 Å². The van der Waals surface area contributed by atoms with E-state index < -0.39 is 17.7 Å². The van der Waals surface area contributed by atoms with Gasteiger partial charge in [-0.25, -0.2) is 0 Å². The molecule has 1 atom stereocenters. The molecule has 0 bridgehead atoms. The van der Waals surface area contributed by atoms with Crippen LogP contribution in [0.2, 0.25) is 0 Å². The van der Waals surface area contributed by atoms with E-state index in [9.17, 15) is 14.7 Å². The van der Waals surface area contributed by atoms with Gasteiger partial charge in [0, 0.05) is 11.3 Å². The van der Waals surface area contributed by atoms with E-state index in [2.05, 4.69) is 0 Å². The number of anilines is 1. The van der Waals surface area contributed by atoms with E-state index in [1.54, 1.807) is 67.8 Å². The SMILES string of the molecule is CCOc1cccc(C2/C(=C(/O)c3ccc(OC)cc3)C(=O)C(=O)N2c2ccccc2)c1. The van der Waals surface area contributed by atoms with Crippen molar-refractivity contribution in [3.63, 3.8) is 0 Å². The molecule has 1 fully saturated rings. The molecule has 1 aliphatic heterocycles. The molecule has 1 saturated heterocycles. The lowest BCUT2D eigenvalue weighted by Crippen LogP contribution is -2.29. The topological polar surface area (TPSA) is 76.1 Å². The number of hydrogen-bond donors (Lipinski definition) is 1. The van der Waals surface area contributed by atoms with Crippen molar-refractivity contribution in [1.82, 2.24) is 0 Å². The minimum absolute atomic E-state index is 0.0256. The van der Waals surface area contributed by atoms with Crippen LogP contribution in [0.15, 0.2) is 84.4 Å². The number of hydrogen-bond acceptors (Lipinski definition) is 5. The van der Waals surface area contributed by atoms with Crippen LogP contribution >= 0.6 is 0 Å². The van der Waals surface area contributed by atoms with Crippen LogP contribution in [0.4, 0.5) is 5.69 Å². The number of nitrogens with zero attached hydrogens (tertiary/aromatic N) is 1. The van der Waals surface area contributed by atoms with Crippen molar-refractivity contribution in [2.24, 2.45) is 0 Å². The molecule has 0 radical (unpaired) electrons. The Balaban J connectivity index is 1.91. The van der Waals surface area contributed by atoms with E-state index >= 15 is 0 Å². The van der Waals surface area contributed by atoms with Crippen LogP contribution in [-0.2, 0) is 9.59 Å². The van der Waals surface area contributed by atoms with Gasteiger partial charge in [0.25, 0.3) is 11.7 Å². The maximum atomic E-state index is 13.2. The number of ether oxygens (including phenoxy) is 2. The van der Waals surface area contributed by atoms with Gasteiger partial charge in [0.15, 0.2) is 0 Å². The number of para-hydroxylation sites is 1. The summed E-state index contributed by atoms with van der Waals surface area (Å²) in [5.74, 6) is -0.441. The van der Waals surface area contributed by atoms with Gasteiger partial charge in [0.05, 0.1) is 25.3 Å². The summed E-state index contributed by atoms with van der Waals surface area (Å²) < 4.78 is 10.8. The van der Waals surface area contributed by atoms with Gasteiger partial charge in [0.1, 0.15) is 17.3 Å². The maximum Gasteiger partial charge on any atom is 0.300 e. The molecule has 3 aromatic carbocycles. The molecule has 6 nitrogen and oxygen atoms in total. The first-order valence-corrected chi connectivity index (χ1v) is 10.3. The Kier molecular flexibility index (Phi) is 5.94. The molecular weight excluding hydrogens is 406 g/mol. The molecule has 0 aromatic heterocycles. The average Bonchev–Trinajstić information content (AvgIpc) is 3.10. The molecule has 4 rings (SSSR count). The van der Waals surface area contributed by atoms with Crippen LogP contribution in [0.3, 0.4) is 0 Å². The molecular formula is C26H23NO5. The lowest BCUT2D eigenvalue weighted by Gasteiger charge is -2.25. The summed E-state index contributed by atoms with van der Waals surface area (Å²) in [6, 6.07) is 22.0. The second kappa shape index (κ2) is 8.98. The molecule has 1 amide bonds. The lowest BCUT2D eigenvalue weighted by molar-refractivity contribution is -0.132. The Morgan fingerprint density at radius 3 is 2.31 bits per heavy atom. The predicted molar refractivity (Wildman–Crippen MR) is 122 cm³/mol. The minimum atomic E-state index is -0.806. The highest BCUT2D eigenvalue weighted by atomic mass is 16.5. The third kappa shape index (κ3) is 3.83.